The summed E-state index contributed by atoms with van der Waals surface area (Å²) in [7, 11) is 0. The van der Waals surface area contributed by atoms with Gasteiger partial charge in [-0.25, -0.2) is 15.0 Å². The molecule has 0 unspecified atom stereocenters. The van der Waals surface area contributed by atoms with E-state index in [1.54, 1.807) is 50.0 Å². The van der Waals surface area contributed by atoms with Gasteiger partial charge in [-0.2, -0.15) is 5.01 Å². The fraction of sp³-hybridized carbons (Fsp3) is 0.407. The normalized spacial score (nSPS) is 15.4. The number of allylic oxidation sites excluding steroid dienone is 3. The van der Waals surface area contributed by atoms with Gasteiger partial charge in [0.2, 0.25) is 5.43 Å². The molecule has 0 radical (unpaired) electrons. The van der Waals surface area contributed by atoms with Gasteiger partial charge in [0.05, 0.1) is 5.52 Å². The summed E-state index contributed by atoms with van der Waals surface area (Å²) in [4.78, 5) is 60.7. The summed E-state index contributed by atoms with van der Waals surface area (Å²) < 4.78 is 5.41. The fourth-order valence-corrected chi connectivity index (χ4v) is 4.65. The zero-order valence-electron chi connectivity index (χ0n) is 22.0. The van der Waals surface area contributed by atoms with Crippen LogP contribution in [-0.4, -0.2) is 58.1 Å². The molecule has 1 aromatic heterocycles. The number of H-pyrrole nitrogens is 1. The van der Waals surface area contributed by atoms with Gasteiger partial charge < -0.3 is 14.6 Å². The largest absolute Gasteiger partial charge is 0.443 e. The quantitative estimate of drug-likeness (QED) is 0.533. The van der Waals surface area contributed by atoms with Crippen molar-refractivity contribution in [2.24, 2.45) is 0 Å². The third-order valence-electron chi connectivity index (χ3n) is 6.21. The van der Waals surface area contributed by atoms with E-state index in [0.29, 0.717) is 35.7 Å². The van der Waals surface area contributed by atoms with Crippen LogP contribution in [0.2, 0.25) is 5.02 Å². The minimum Gasteiger partial charge on any atom is -0.443 e. The molecule has 0 aliphatic carbocycles. The highest BCUT2D eigenvalue weighted by atomic mass is 35.5. The number of nitrogens with one attached hydrogen (secondary N) is 2. The first kappa shape index (κ1) is 27.3. The number of benzene rings is 1. The zero-order chi connectivity index (χ0) is 27.6. The highest BCUT2D eigenvalue weighted by Crippen LogP contribution is 2.26. The third kappa shape index (κ3) is 5.70. The average Bonchev–Trinajstić information content (AvgIpc) is 3.40. The number of carbonyl (C=O) groups is 3. The monoisotopic (exact) mass is 541 g/mol. The van der Waals surface area contributed by atoms with Crippen LogP contribution in [0.5, 0.6) is 0 Å². The lowest BCUT2D eigenvalue weighted by Gasteiger charge is -2.33. The molecule has 4 rings (SSSR count). The van der Waals surface area contributed by atoms with E-state index in [4.69, 9.17) is 16.3 Å². The minimum atomic E-state index is -0.949. The first-order valence-corrected chi connectivity index (χ1v) is 13.0. The second-order valence-electron chi connectivity index (χ2n) is 10.1. The summed E-state index contributed by atoms with van der Waals surface area (Å²) in [5.41, 5.74) is 1.57. The maximum Gasteiger partial charge on any atom is 0.427 e. The first-order valence-electron chi connectivity index (χ1n) is 12.6. The number of aromatic nitrogens is 1. The summed E-state index contributed by atoms with van der Waals surface area (Å²) >= 11 is 6.17. The van der Waals surface area contributed by atoms with E-state index in [-0.39, 0.29) is 23.3 Å². The van der Waals surface area contributed by atoms with Gasteiger partial charge in [-0.05, 0) is 64.3 Å². The summed E-state index contributed by atoms with van der Waals surface area (Å²) in [5, 5.41) is 1.40. The van der Waals surface area contributed by atoms with Crippen LogP contribution < -0.4 is 15.9 Å². The number of hydrogen-bond donors (Lipinski definition) is 2. The van der Waals surface area contributed by atoms with E-state index >= 15 is 0 Å². The Balaban J connectivity index is 1.92. The molecule has 38 heavy (non-hydrogen) atoms. The number of halogens is 1. The molecule has 0 spiro atoms. The minimum absolute atomic E-state index is 0.120. The molecule has 1 aromatic carbocycles. The molecule has 1 saturated heterocycles. The molecule has 11 heteroatoms. The Labute approximate surface area is 225 Å². The molecule has 202 valence electrons. The summed E-state index contributed by atoms with van der Waals surface area (Å²) in [5.74, 6) is -0.454. The molecule has 0 atom stereocenters. The molecule has 0 bridgehead atoms. The number of nitrogens with zero attached hydrogens (tertiary/aromatic N) is 3. The highest BCUT2D eigenvalue weighted by molar-refractivity contribution is 6.31. The standard InChI is InChI=1S/C27H32ClN5O5/c1-5-18-10-6-7-15-32(18)26(37)33(30-25(36)38-27(2,3)4)22-21(24(35)31-13-8-9-14-31)29-20-16-17(28)11-12-19(20)23(22)34/h6-7,10-12,16H,5,8-9,13-15H2,1-4H3,(H,29,34)(H,30,36). The predicted molar refractivity (Wildman–Crippen MR) is 146 cm³/mol. The number of pyridine rings is 1. The Kier molecular flexibility index (Phi) is 7.82. The van der Waals surface area contributed by atoms with Crippen molar-refractivity contribution in [3.8, 4) is 0 Å². The van der Waals surface area contributed by atoms with Gasteiger partial charge in [0.15, 0.2) is 0 Å². The molecule has 4 amide bonds. The maximum absolute atomic E-state index is 14.0. The van der Waals surface area contributed by atoms with Gasteiger partial charge >= 0.3 is 12.1 Å². The predicted octanol–water partition coefficient (Wildman–Crippen LogP) is 4.95. The number of urea groups is 1. The van der Waals surface area contributed by atoms with Crippen molar-refractivity contribution in [1.29, 1.82) is 0 Å². The number of hydrazine groups is 1. The maximum atomic E-state index is 14.0. The number of anilines is 1. The number of carbonyl (C=O) groups excluding carboxylic acids is 3. The van der Waals surface area contributed by atoms with Crippen molar-refractivity contribution in [2.75, 3.05) is 24.6 Å². The van der Waals surface area contributed by atoms with Gasteiger partial charge in [0.1, 0.15) is 17.0 Å². The van der Waals surface area contributed by atoms with Crippen molar-refractivity contribution in [3.63, 3.8) is 0 Å². The molecule has 2 aromatic rings. The van der Waals surface area contributed by atoms with Gasteiger partial charge in [0.25, 0.3) is 5.91 Å². The summed E-state index contributed by atoms with van der Waals surface area (Å²) in [6.07, 6.45) is 6.64. The van der Waals surface area contributed by atoms with Crippen LogP contribution >= 0.6 is 11.6 Å². The number of rotatable bonds is 3. The molecule has 1 fully saturated rings. The molecule has 0 saturated carbocycles. The molecule has 3 heterocycles. The van der Waals surface area contributed by atoms with E-state index in [2.05, 4.69) is 10.4 Å². The van der Waals surface area contributed by atoms with Crippen LogP contribution in [0.15, 0.2) is 46.9 Å². The average molecular weight is 542 g/mol. The van der Waals surface area contributed by atoms with Crippen LogP contribution in [0.4, 0.5) is 15.3 Å². The summed E-state index contributed by atoms with van der Waals surface area (Å²) in [6, 6.07) is 3.90. The Hall–Kier alpha value is -3.79. The lowest BCUT2D eigenvalue weighted by molar-refractivity contribution is 0.0520. The molecule has 2 aliphatic heterocycles. The molecule has 10 nitrogen and oxygen atoms in total. The van der Waals surface area contributed by atoms with Gasteiger partial charge in [-0.15, -0.1) is 0 Å². The van der Waals surface area contributed by atoms with E-state index in [1.165, 1.54) is 11.0 Å². The lowest BCUT2D eigenvalue weighted by atomic mass is 10.1. The van der Waals surface area contributed by atoms with Crippen LogP contribution in [0.3, 0.4) is 0 Å². The third-order valence-corrected chi connectivity index (χ3v) is 6.45. The number of hydrogen-bond acceptors (Lipinski definition) is 5. The number of amides is 4. The Morgan fingerprint density at radius 1 is 1.18 bits per heavy atom. The van der Waals surface area contributed by atoms with E-state index in [1.807, 2.05) is 13.0 Å². The fourth-order valence-electron chi connectivity index (χ4n) is 4.47. The topological polar surface area (TPSA) is 115 Å². The lowest BCUT2D eigenvalue weighted by Crippen LogP contribution is -2.55. The van der Waals surface area contributed by atoms with E-state index in [9.17, 15) is 19.2 Å². The SMILES string of the molecule is CCC1=CC=CCN1C(=O)N(NC(=O)OC(C)(C)C)c1c(C(=O)N2CCCC2)[nH]c2cc(Cl)ccc2c1=O. The van der Waals surface area contributed by atoms with E-state index < -0.39 is 29.1 Å². The highest BCUT2D eigenvalue weighted by Gasteiger charge is 2.35. The van der Waals surface area contributed by atoms with Crippen molar-refractivity contribution < 1.29 is 19.1 Å². The van der Waals surface area contributed by atoms with Crippen LogP contribution in [0.1, 0.15) is 57.4 Å². The van der Waals surface area contributed by atoms with Crippen LogP contribution in [0.25, 0.3) is 10.9 Å². The molecule has 2 N–H and O–H groups in total. The van der Waals surface area contributed by atoms with Gasteiger partial charge in [0, 0.05) is 35.7 Å². The Morgan fingerprint density at radius 3 is 2.55 bits per heavy atom. The van der Waals surface area contributed by atoms with Crippen molar-refractivity contribution >= 4 is 46.2 Å². The van der Waals surface area contributed by atoms with E-state index in [0.717, 1.165) is 17.9 Å². The second-order valence-corrected chi connectivity index (χ2v) is 10.6. The molecular formula is C27H32ClN5O5. The van der Waals surface area contributed by atoms with Crippen LogP contribution in [0, 0.1) is 0 Å². The number of ether oxygens (including phenoxy) is 1. The molecular weight excluding hydrogens is 510 g/mol. The number of fused-ring (bicyclic) bond motifs is 1. The van der Waals surface area contributed by atoms with Crippen molar-refractivity contribution in [2.45, 2.75) is 52.6 Å². The van der Waals surface area contributed by atoms with Gasteiger partial charge in [-0.1, -0.05) is 30.7 Å². The number of likely N-dealkylation sites (tertiary alicyclic amines) is 1. The summed E-state index contributed by atoms with van der Waals surface area (Å²) in [6.45, 7) is 8.19. The molecule has 2 aliphatic rings. The number of aromatic amines is 1. The first-order chi connectivity index (χ1) is 18.0. The van der Waals surface area contributed by atoms with Crippen molar-refractivity contribution in [3.05, 3.63) is 63.1 Å². The van der Waals surface area contributed by atoms with Gasteiger partial charge in [-0.3, -0.25) is 14.5 Å². The second kappa shape index (κ2) is 10.9. The van der Waals surface area contributed by atoms with Crippen molar-refractivity contribution in [1.82, 2.24) is 20.2 Å². The zero-order valence-corrected chi connectivity index (χ0v) is 22.7. The smallest absolute Gasteiger partial charge is 0.427 e. The Bertz CT molecular complexity index is 1380. The van der Waals surface area contributed by atoms with Crippen LogP contribution in [-0.2, 0) is 4.74 Å². The Morgan fingerprint density at radius 2 is 1.89 bits per heavy atom.